The van der Waals surface area contributed by atoms with Gasteiger partial charge in [-0.3, -0.25) is 9.59 Å². The van der Waals surface area contributed by atoms with Gasteiger partial charge in [-0.25, -0.2) is 4.98 Å². The molecule has 3 N–H and O–H groups in total. The number of furan rings is 1. The molecule has 0 unspecified atom stereocenters. The minimum absolute atomic E-state index is 0.0934. The summed E-state index contributed by atoms with van der Waals surface area (Å²) in [5, 5.41) is 2.87. The van der Waals surface area contributed by atoms with Crippen molar-refractivity contribution in [1.29, 1.82) is 0 Å². The number of hydrogen-bond donors (Lipinski definition) is 2. The molecule has 0 aliphatic rings. The number of anilines is 1. The molecule has 0 saturated heterocycles. The largest absolute Gasteiger partial charge is 0.463 e. The Morgan fingerprint density at radius 1 is 1.32 bits per heavy atom. The van der Waals surface area contributed by atoms with Crippen LogP contribution in [0.2, 0.25) is 0 Å². The Morgan fingerprint density at radius 2 is 2.11 bits per heavy atom. The molecule has 0 spiro atoms. The molecule has 0 fully saturated rings. The van der Waals surface area contributed by atoms with Gasteiger partial charge in [0.05, 0.1) is 11.8 Å². The molecule has 146 valence electrons. The fourth-order valence-corrected chi connectivity index (χ4v) is 2.86. The fraction of sp³-hybridized carbons (Fsp3) is 0.286. The minimum Gasteiger partial charge on any atom is -0.463 e. The highest BCUT2D eigenvalue weighted by molar-refractivity contribution is 6.00. The normalized spacial score (nSPS) is 11.0. The van der Waals surface area contributed by atoms with Crippen LogP contribution in [0.4, 0.5) is 5.82 Å². The summed E-state index contributed by atoms with van der Waals surface area (Å²) in [6, 6.07) is 8.45. The fourth-order valence-electron chi connectivity index (χ4n) is 2.86. The van der Waals surface area contributed by atoms with E-state index in [-0.39, 0.29) is 17.3 Å². The number of aromatic nitrogens is 2. The van der Waals surface area contributed by atoms with Gasteiger partial charge in [0.2, 0.25) is 0 Å². The predicted molar refractivity (Wildman–Crippen MR) is 109 cm³/mol. The molecule has 0 atom stereocenters. The summed E-state index contributed by atoms with van der Waals surface area (Å²) in [6.45, 7) is 6.99. The van der Waals surface area contributed by atoms with Crippen LogP contribution < -0.4 is 16.6 Å². The number of amides is 1. The number of nitrogens with one attached hydrogen (secondary N) is 1. The van der Waals surface area contributed by atoms with E-state index >= 15 is 0 Å². The molecule has 28 heavy (non-hydrogen) atoms. The number of rotatable bonds is 6. The van der Waals surface area contributed by atoms with Gasteiger partial charge in [0.25, 0.3) is 11.5 Å². The third-order valence-corrected chi connectivity index (χ3v) is 4.36. The Bertz CT molecular complexity index is 1040. The van der Waals surface area contributed by atoms with Crippen molar-refractivity contribution in [3.8, 4) is 22.6 Å². The molecule has 3 aromatic heterocycles. The maximum Gasteiger partial charge on any atom is 0.255 e. The molecule has 0 bridgehead atoms. The molecule has 7 nitrogen and oxygen atoms in total. The third-order valence-electron chi connectivity index (χ3n) is 4.36. The summed E-state index contributed by atoms with van der Waals surface area (Å²) in [7, 11) is 0. The summed E-state index contributed by atoms with van der Waals surface area (Å²) < 4.78 is 7.10. The molecular formula is C21H24N4O3. The average molecular weight is 380 g/mol. The molecule has 3 heterocycles. The standard InChI is InChI=1S/C21H24N4O3/c1-4-25-12-14(7-8-18(25)26)15-10-16(21(27)23-11-13(2)3)20(22)24-19(15)17-6-5-9-28-17/h5-10,12-13H,4,11H2,1-3H3,(H2,22,24)(H,23,27). The first-order valence-corrected chi connectivity index (χ1v) is 9.24. The van der Waals surface area contributed by atoms with E-state index in [2.05, 4.69) is 10.3 Å². The van der Waals surface area contributed by atoms with Crippen LogP contribution in [0.1, 0.15) is 31.1 Å². The SMILES string of the molecule is CCn1cc(-c2cc(C(=O)NCC(C)C)c(N)nc2-c2ccco2)ccc1=O. The first kappa shape index (κ1) is 19.4. The Hall–Kier alpha value is -3.35. The minimum atomic E-state index is -0.283. The maximum atomic E-state index is 12.6. The van der Waals surface area contributed by atoms with Gasteiger partial charge in [-0.05, 0) is 37.1 Å². The molecule has 0 saturated carbocycles. The van der Waals surface area contributed by atoms with Crippen molar-refractivity contribution in [3.05, 3.63) is 58.7 Å². The van der Waals surface area contributed by atoms with Crippen LogP contribution in [0.3, 0.4) is 0 Å². The maximum absolute atomic E-state index is 12.6. The second kappa shape index (κ2) is 8.12. The highest BCUT2D eigenvalue weighted by Crippen LogP contribution is 2.33. The van der Waals surface area contributed by atoms with Crippen molar-refractivity contribution in [2.45, 2.75) is 27.3 Å². The lowest BCUT2D eigenvalue weighted by Gasteiger charge is -2.14. The number of nitrogen functional groups attached to an aromatic ring is 1. The van der Waals surface area contributed by atoms with Crippen LogP contribution in [-0.2, 0) is 6.54 Å². The molecule has 0 aromatic carbocycles. The van der Waals surface area contributed by atoms with Crippen LogP contribution in [0.25, 0.3) is 22.6 Å². The van der Waals surface area contributed by atoms with E-state index in [1.54, 1.807) is 41.3 Å². The van der Waals surface area contributed by atoms with E-state index < -0.39 is 0 Å². The highest BCUT2D eigenvalue weighted by Gasteiger charge is 2.19. The molecule has 0 aliphatic carbocycles. The van der Waals surface area contributed by atoms with Gasteiger partial charge in [-0.1, -0.05) is 13.8 Å². The Labute approximate surface area is 163 Å². The lowest BCUT2D eigenvalue weighted by molar-refractivity contribution is 0.0949. The summed E-state index contributed by atoms with van der Waals surface area (Å²) in [4.78, 5) is 29.0. The lowest BCUT2D eigenvalue weighted by atomic mass is 10.0. The summed E-state index contributed by atoms with van der Waals surface area (Å²) in [5.74, 6) is 0.688. The van der Waals surface area contributed by atoms with Gasteiger partial charge in [-0.2, -0.15) is 0 Å². The number of hydrogen-bond acceptors (Lipinski definition) is 5. The molecule has 1 amide bonds. The molecular weight excluding hydrogens is 356 g/mol. The zero-order valence-corrected chi connectivity index (χ0v) is 16.2. The summed E-state index contributed by atoms with van der Waals surface area (Å²) in [5.41, 5.74) is 8.23. The number of nitrogens with two attached hydrogens (primary N) is 1. The Balaban J connectivity index is 2.16. The number of aryl methyl sites for hydroxylation is 1. The van der Waals surface area contributed by atoms with Gasteiger partial charge < -0.3 is 20.0 Å². The molecule has 0 radical (unpaired) electrons. The average Bonchev–Trinajstić information content (AvgIpc) is 3.21. The van der Waals surface area contributed by atoms with Gasteiger partial charge in [0.1, 0.15) is 11.5 Å². The van der Waals surface area contributed by atoms with Crippen LogP contribution in [-0.4, -0.2) is 22.0 Å². The Kier molecular flexibility index (Phi) is 5.63. The van der Waals surface area contributed by atoms with Gasteiger partial charge >= 0.3 is 0 Å². The molecule has 3 rings (SSSR count). The lowest BCUT2D eigenvalue weighted by Crippen LogP contribution is -2.28. The first-order chi connectivity index (χ1) is 13.4. The van der Waals surface area contributed by atoms with Crippen molar-refractivity contribution < 1.29 is 9.21 Å². The van der Waals surface area contributed by atoms with E-state index in [0.717, 1.165) is 5.56 Å². The van der Waals surface area contributed by atoms with E-state index in [4.69, 9.17) is 10.2 Å². The molecule has 7 heteroatoms. The zero-order chi connectivity index (χ0) is 20.3. The smallest absolute Gasteiger partial charge is 0.255 e. The van der Waals surface area contributed by atoms with E-state index in [1.807, 2.05) is 20.8 Å². The highest BCUT2D eigenvalue weighted by atomic mass is 16.3. The monoisotopic (exact) mass is 380 g/mol. The van der Waals surface area contributed by atoms with E-state index in [1.165, 1.54) is 6.07 Å². The number of pyridine rings is 2. The van der Waals surface area contributed by atoms with E-state index in [0.29, 0.717) is 41.6 Å². The first-order valence-electron chi connectivity index (χ1n) is 9.24. The second-order valence-corrected chi connectivity index (χ2v) is 6.94. The number of carbonyl (C=O) groups is 1. The number of nitrogens with zero attached hydrogens (tertiary/aromatic N) is 2. The molecule has 3 aromatic rings. The predicted octanol–water partition coefficient (Wildman–Crippen LogP) is 3.16. The van der Waals surface area contributed by atoms with Crippen LogP contribution >= 0.6 is 0 Å². The van der Waals surface area contributed by atoms with Crippen LogP contribution in [0.5, 0.6) is 0 Å². The second-order valence-electron chi connectivity index (χ2n) is 6.94. The molecule has 0 aliphatic heterocycles. The van der Waals surface area contributed by atoms with E-state index in [9.17, 15) is 9.59 Å². The van der Waals surface area contributed by atoms with Crippen molar-refractivity contribution in [3.63, 3.8) is 0 Å². The summed E-state index contributed by atoms with van der Waals surface area (Å²) in [6.07, 6.45) is 3.30. The van der Waals surface area contributed by atoms with Gasteiger partial charge in [0, 0.05) is 36.5 Å². The summed E-state index contributed by atoms with van der Waals surface area (Å²) >= 11 is 0. The van der Waals surface area contributed by atoms with Crippen molar-refractivity contribution in [2.75, 3.05) is 12.3 Å². The number of carbonyl (C=O) groups excluding carboxylic acids is 1. The van der Waals surface area contributed by atoms with Gasteiger partial charge in [0.15, 0.2) is 5.76 Å². The topological polar surface area (TPSA) is 103 Å². The van der Waals surface area contributed by atoms with Gasteiger partial charge in [-0.15, -0.1) is 0 Å². The van der Waals surface area contributed by atoms with Crippen LogP contribution in [0.15, 0.2) is 52.0 Å². The quantitative estimate of drug-likeness (QED) is 0.684. The van der Waals surface area contributed by atoms with Crippen molar-refractivity contribution >= 4 is 11.7 Å². The third kappa shape index (κ3) is 3.98. The van der Waals surface area contributed by atoms with Crippen LogP contribution in [0, 0.1) is 5.92 Å². The zero-order valence-electron chi connectivity index (χ0n) is 16.2. The van der Waals surface area contributed by atoms with Crippen molar-refractivity contribution in [1.82, 2.24) is 14.9 Å². The Morgan fingerprint density at radius 3 is 2.75 bits per heavy atom. The van der Waals surface area contributed by atoms with Crippen molar-refractivity contribution in [2.24, 2.45) is 5.92 Å².